The van der Waals surface area contributed by atoms with Gasteiger partial charge in [0.05, 0.1) is 7.11 Å². The number of ether oxygens (including phenoxy) is 1. The highest BCUT2D eigenvalue weighted by Crippen LogP contribution is 2.29. The fourth-order valence-electron chi connectivity index (χ4n) is 3.37. The lowest BCUT2D eigenvalue weighted by Crippen LogP contribution is -2.14. The molecule has 0 radical (unpaired) electrons. The summed E-state index contributed by atoms with van der Waals surface area (Å²) in [6.07, 6.45) is 2.45. The third-order valence-corrected chi connectivity index (χ3v) is 6.04. The molecule has 158 valence electrons. The molecule has 1 amide bonds. The Balaban J connectivity index is 1.34. The molecule has 0 bridgehead atoms. The molecular formula is C23H23N5O2S. The standard InChI is InChI=1S/C23H23N5O2S/c1-15-21(16(2)28-23(26-15)24-14-25-28)12-13-22(29)27-17-4-8-19(9-5-17)31-20-10-6-18(30-3)7-11-20/h4-11,14H,12-13H2,1-3H3,(H,27,29). The van der Waals surface area contributed by atoms with Crippen LogP contribution in [0.4, 0.5) is 5.69 Å². The van der Waals surface area contributed by atoms with Crippen molar-refractivity contribution in [1.29, 1.82) is 0 Å². The Labute approximate surface area is 184 Å². The predicted octanol–water partition coefficient (Wildman–Crippen LogP) is 4.47. The number of nitrogens with one attached hydrogen (secondary N) is 1. The smallest absolute Gasteiger partial charge is 0.252 e. The molecule has 1 N–H and O–H groups in total. The fraction of sp³-hybridized carbons (Fsp3) is 0.217. The first-order valence-electron chi connectivity index (χ1n) is 9.91. The molecule has 0 fully saturated rings. The summed E-state index contributed by atoms with van der Waals surface area (Å²) < 4.78 is 6.90. The van der Waals surface area contributed by atoms with Gasteiger partial charge in [0.2, 0.25) is 5.91 Å². The van der Waals surface area contributed by atoms with Gasteiger partial charge < -0.3 is 10.1 Å². The molecule has 0 saturated carbocycles. The second kappa shape index (κ2) is 9.18. The number of aryl methyl sites for hydroxylation is 2. The Morgan fingerprint density at radius 1 is 1.06 bits per heavy atom. The normalized spacial score (nSPS) is 10.9. The maximum absolute atomic E-state index is 12.5. The van der Waals surface area contributed by atoms with Crippen molar-refractivity contribution in [3.63, 3.8) is 0 Å². The highest BCUT2D eigenvalue weighted by Gasteiger charge is 2.12. The van der Waals surface area contributed by atoms with Gasteiger partial charge in [-0.15, -0.1) is 0 Å². The zero-order valence-corrected chi connectivity index (χ0v) is 18.4. The maximum Gasteiger partial charge on any atom is 0.252 e. The molecule has 2 heterocycles. The van der Waals surface area contributed by atoms with E-state index in [-0.39, 0.29) is 5.91 Å². The van der Waals surface area contributed by atoms with Crippen LogP contribution >= 0.6 is 11.8 Å². The van der Waals surface area contributed by atoms with E-state index in [1.807, 2.05) is 62.4 Å². The highest BCUT2D eigenvalue weighted by molar-refractivity contribution is 7.99. The van der Waals surface area contributed by atoms with Crippen LogP contribution in [0.2, 0.25) is 0 Å². The Morgan fingerprint density at radius 3 is 2.42 bits per heavy atom. The third kappa shape index (κ3) is 4.86. The van der Waals surface area contributed by atoms with E-state index in [0.29, 0.717) is 18.6 Å². The van der Waals surface area contributed by atoms with Crippen LogP contribution in [-0.4, -0.2) is 32.6 Å². The number of amides is 1. The molecule has 0 spiro atoms. The number of aromatic nitrogens is 4. The van der Waals surface area contributed by atoms with Crippen molar-refractivity contribution >= 4 is 29.1 Å². The minimum atomic E-state index is -0.0342. The van der Waals surface area contributed by atoms with Gasteiger partial charge in [-0.05, 0) is 74.4 Å². The van der Waals surface area contributed by atoms with Crippen LogP contribution in [0.25, 0.3) is 5.78 Å². The van der Waals surface area contributed by atoms with Crippen LogP contribution in [0.3, 0.4) is 0 Å². The summed E-state index contributed by atoms with van der Waals surface area (Å²) in [4.78, 5) is 23.3. The zero-order valence-electron chi connectivity index (χ0n) is 17.6. The van der Waals surface area contributed by atoms with E-state index in [1.54, 1.807) is 23.4 Å². The molecule has 8 heteroatoms. The topological polar surface area (TPSA) is 81.4 Å². The second-order valence-corrected chi connectivity index (χ2v) is 8.23. The molecule has 0 aliphatic heterocycles. The number of benzene rings is 2. The van der Waals surface area contributed by atoms with Gasteiger partial charge in [0, 0.05) is 33.3 Å². The molecule has 7 nitrogen and oxygen atoms in total. The molecule has 0 atom stereocenters. The lowest BCUT2D eigenvalue weighted by molar-refractivity contribution is -0.116. The molecule has 4 rings (SSSR count). The summed E-state index contributed by atoms with van der Waals surface area (Å²) in [6, 6.07) is 15.8. The Hall–Kier alpha value is -3.39. The van der Waals surface area contributed by atoms with E-state index in [1.165, 1.54) is 6.33 Å². The number of hydrogen-bond acceptors (Lipinski definition) is 6. The van der Waals surface area contributed by atoms with Crippen molar-refractivity contribution < 1.29 is 9.53 Å². The van der Waals surface area contributed by atoms with Crippen molar-refractivity contribution in [2.24, 2.45) is 0 Å². The molecular weight excluding hydrogens is 410 g/mol. The quantitative estimate of drug-likeness (QED) is 0.463. The maximum atomic E-state index is 12.5. The monoisotopic (exact) mass is 433 g/mol. The number of fused-ring (bicyclic) bond motifs is 1. The van der Waals surface area contributed by atoms with E-state index < -0.39 is 0 Å². The van der Waals surface area contributed by atoms with E-state index >= 15 is 0 Å². The number of rotatable bonds is 7. The number of carbonyl (C=O) groups is 1. The van der Waals surface area contributed by atoms with Gasteiger partial charge >= 0.3 is 0 Å². The molecule has 0 aliphatic carbocycles. The summed E-state index contributed by atoms with van der Waals surface area (Å²) in [6.45, 7) is 3.91. The van der Waals surface area contributed by atoms with E-state index in [2.05, 4.69) is 20.4 Å². The molecule has 0 aliphatic rings. The van der Waals surface area contributed by atoms with E-state index in [9.17, 15) is 4.79 Å². The van der Waals surface area contributed by atoms with Gasteiger partial charge in [0.1, 0.15) is 12.1 Å². The molecule has 31 heavy (non-hydrogen) atoms. The van der Waals surface area contributed by atoms with Gasteiger partial charge in [0.25, 0.3) is 5.78 Å². The van der Waals surface area contributed by atoms with Crippen LogP contribution in [0.15, 0.2) is 64.6 Å². The van der Waals surface area contributed by atoms with Crippen molar-refractivity contribution in [3.8, 4) is 5.75 Å². The first-order chi connectivity index (χ1) is 15.0. The van der Waals surface area contributed by atoms with Crippen LogP contribution < -0.4 is 10.1 Å². The second-order valence-electron chi connectivity index (χ2n) is 7.08. The van der Waals surface area contributed by atoms with Gasteiger partial charge in [-0.25, -0.2) is 9.50 Å². The van der Waals surface area contributed by atoms with Crippen LogP contribution in [0.1, 0.15) is 23.4 Å². The van der Waals surface area contributed by atoms with Crippen LogP contribution in [0.5, 0.6) is 5.75 Å². The Kier molecular flexibility index (Phi) is 6.18. The first-order valence-corrected chi connectivity index (χ1v) is 10.7. The lowest BCUT2D eigenvalue weighted by Gasteiger charge is -2.11. The number of methoxy groups -OCH3 is 1. The minimum Gasteiger partial charge on any atom is -0.497 e. The number of carbonyl (C=O) groups excluding carboxylic acids is 1. The summed E-state index contributed by atoms with van der Waals surface area (Å²) in [5.74, 6) is 1.38. The highest BCUT2D eigenvalue weighted by atomic mass is 32.2. The van der Waals surface area contributed by atoms with Gasteiger partial charge in [-0.1, -0.05) is 11.8 Å². The fourth-order valence-corrected chi connectivity index (χ4v) is 4.18. The summed E-state index contributed by atoms with van der Waals surface area (Å²) in [5.41, 5.74) is 3.65. The number of nitrogens with zero attached hydrogens (tertiary/aromatic N) is 4. The van der Waals surface area contributed by atoms with Crippen LogP contribution in [0, 0.1) is 13.8 Å². The average Bonchev–Trinajstić information content (AvgIpc) is 3.24. The third-order valence-electron chi connectivity index (χ3n) is 5.02. The van der Waals surface area contributed by atoms with Crippen molar-refractivity contribution in [3.05, 3.63) is 71.8 Å². The van der Waals surface area contributed by atoms with Gasteiger partial charge in [-0.3, -0.25) is 4.79 Å². The van der Waals surface area contributed by atoms with E-state index in [0.717, 1.165) is 38.2 Å². The zero-order chi connectivity index (χ0) is 21.8. The van der Waals surface area contributed by atoms with E-state index in [4.69, 9.17) is 4.74 Å². The SMILES string of the molecule is COc1ccc(Sc2ccc(NC(=O)CCc3c(C)nc4ncnn4c3C)cc2)cc1. The van der Waals surface area contributed by atoms with Gasteiger partial charge in [-0.2, -0.15) is 10.1 Å². The number of hydrogen-bond donors (Lipinski definition) is 1. The summed E-state index contributed by atoms with van der Waals surface area (Å²) >= 11 is 1.66. The molecule has 4 aromatic rings. The number of anilines is 1. The Morgan fingerprint density at radius 2 is 1.74 bits per heavy atom. The van der Waals surface area contributed by atoms with Gasteiger partial charge in [0.15, 0.2) is 0 Å². The van der Waals surface area contributed by atoms with Crippen molar-refractivity contribution in [2.45, 2.75) is 36.5 Å². The van der Waals surface area contributed by atoms with Crippen molar-refractivity contribution in [1.82, 2.24) is 19.6 Å². The van der Waals surface area contributed by atoms with Crippen LogP contribution in [-0.2, 0) is 11.2 Å². The summed E-state index contributed by atoms with van der Waals surface area (Å²) in [7, 11) is 1.66. The summed E-state index contributed by atoms with van der Waals surface area (Å²) in [5, 5.41) is 7.17. The first kappa shape index (κ1) is 20.9. The molecule has 2 aromatic carbocycles. The lowest BCUT2D eigenvalue weighted by atomic mass is 10.1. The molecule has 2 aromatic heterocycles. The average molecular weight is 434 g/mol. The largest absolute Gasteiger partial charge is 0.497 e. The van der Waals surface area contributed by atoms with Crippen molar-refractivity contribution in [2.75, 3.05) is 12.4 Å². The molecule has 0 saturated heterocycles. The minimum absolute atomic E-state index is 0.0342. The predicted molar refractivity (Wildman–Crippen MR) is 121 cm³/mol. The molecule has 0 unspecified atom stereocenters. The Bertz CT molecular complexity index is 1200.